The van der Waals surface area contributed by atoms with Crippen molar-refractivity contribution >= 4 is 60.6 Å². The van der Waals surface area contributed by atoms with Crippen molar-refractivity contribution in [3.63, 3.8) is 0 Å². The van der Waals surface area contributed by atoms with Crippen molar-refractivity contribution in [3.8, 4) is 50.8 Å². The number of hydrogen-bond donors (Lipinski definition) is 2. The number of fused-ring (bicyclic) bond motifs is 3. The highest BCUT2D eigenvalue weighted by Crippen LogP contribution is 2.39. The van der Waals surface area contributed by atoms with Crippen LogP contribution < -0.4 is 21.4 Å². The summed E-state index contributed by atoms with van der Waals surface area (Å²) >= 11 is 0. The van der Waals surface area contributed by atoms with Gasteiger partial charge in [0.15, 0.2) is 0 Å². The summed E-state index contributed by atoms with van der Waals surface area (Å²) in [6.45, 7) is 1.83. The normalized spacial score (nSPS) is 12.5. The molecule has 1 aliphatic carbocycles. The number of rotatable bonds is 4. The third kappa shape index (κ3) is 4.13. The van der Waals surface area contributed by atoms with Crippen LogP contribution in [0.5, 0.6) is 11.5 Å². The Balaban J connectivity index is 1.52. The molecule has 2 N–H and O–H groups in total. The molecule has 1 heterocycles. The van der Waals surface area contributed by atoms with Gasteiger partial charge in [0.25, 0.3) is 0 Å². The maximum atomic E-state index is 11.6. The molecule has 0 aliphatic heterocycles. The molecule has 1 aromatic heterocycles. The average Bonchev–Trinajstić information content (AvgIpc) is 3.48. The third-order valence-electron chi connectivity index (χ3n) is 9.66. The maximum absolute atomic E-state index is 11.6. The van der Waals surface area contributed by atoms with Crippen LogP contribution in [0.25, 0.3) is 73.3 Å². The smallest absolute Gasteiger partial charge is 0.149 e. The molecule has 0 fully saturated rings. The molecule has 0 spiro atoms. The highest BCUT2D eigenvalue weighted by Gasteiger charge is 2.25. The monoisotopic (exact) mass is 594 g/mol. The zero-order valence-electron chi connectivity index (χ0n) is 26.2. The Morgan fingerprint density at radius 1 is 0.630 bits per heavy atom. The van der Waals surface area contributed by atoms with Crippen molar-refractivity contribution in [3.05, 3.63) is 119 Å². The molecule has 0 saturated carbocycles. The lowest BCUT2D eigenvalue weighted by atomic mass is 9.79. The summed E-state index contributed by atoms with van der Waals surface area (Å²) in [5.41, 5.74) is 9.91. The van der Waals surface area contributed by atoms with E-state index in [4.69, 9.17) is 4.98 Å². The summed E-state index contributed by atoms with van der Waals surface area (Å²) in [6, 6.07) is 36.0. The second kappa shape index (κ2) is 10.8. The van der Waals surface area contributed by atoms with E-state index in [9.17, 15) is 10.2 Å². The lowest BCUT2D eigenvalue weighted by Gasteiger charge is -2.21. The van der Waals surface area contributed by atoms with Crippen LogP contribution in [-0.2, 0) is 0 Å². The van der Waals surface area contributed by atoms with Crippen molar-refractivity contribution in [2.45, 2.75) is 19.8 Å². The number of para-hydroxylation sites is 3. The number of imidazole rings is 1. The molecule has 7 aromatic rings. The molecule has 46 heavy (non-hydrogen) atoms. The van der Waals surface area contributed by atoms with Crippen molar-refractivity contribution in [2.75, 3.05) is 0 Å². The van der Waals surface area contributed by atoms with Crippen molar-refractivity contribution in [1.82, 2.24) is 9.55 Å². The van der Waals surface area contributed by atoms with Gasteiger partial charge >= 0.3 is 0 Å². The molecule has 0 radical (unpaired) electrons. The van der Waals surface area contributed by atoms with E-state index in [0.29, 0.717) is 27.9 Å². The molecule has 0 unspecified atom stereocenters. The number of phenolic OH excluding ortho intramolecular Hbond substituents is 2. The Hall–Kier alpha value is -5.48. The minimum Gasteiger partial charge on any atom is -0.508 e. The van der Waals surface area contributed by atoms with Crippen LogP contribution >= 0.6 is 0 Å². The summed E-state index contributed by atoms with van der Waals surface area (Å²) in [6.07, 6.45) is 6.76. The molecule has 1 aliphatic rings. The molecule has 4 nitrogen and oxygen atoms in total. The van der Waals surface area contributed by atoms with Crippen LogP contribution in [0.3, 0.4) is 0 Å². The largest absolute Gasteiger partial charge is 0.508 e. The molecule has 0 saturated heterocycles. The van der Waals surface area contributed by atoms with E-state index in [0.717, 1.165) is 35.1 Å². The lowest BCUT2D eigenvalue weighted by molar-refractivity contribution is 0.465. The Kier molecular flexibility index (Phi) is 6.61. The van der Waals surface area contributed by atoms with Crippen LogP contribution in [0.2, 0.25) is 0 Å². The molecule has 6 heteroatoms. The standard InChI is InChI=1S/C40H32B2N2O2/c1-23-36(41)39(46)35(37(42)38(23)45)40-43-30-20-10-12-22-32(30)44(40)31-21-11-9-19-29(31)34-27-17-7-5-15-25(27)33(24-13-3-2-4-14-24)26-16-6-8-18-28(26)34/h2-5,7,9-22,45-46H,6,8,41-42H2,1H3. The first-order chi connectivity index (χ1) is 22.5. The maximum Gasteiger partial charge on any atom is 0.149 e. The minimum absolute atomic E-state index is 0.139. The Morgan fingerprint density at radius 3 is 2.00 bits per heavy atom. The fourth-order valence-electron chi connectivity index (χ4n) is 7.28. The van der Waals surface area contributed by atoms with E-state index in [2.05, 4.69) is 102 Å². The van der Waals surface area contributed by atoms with E-state index >= 15 is 0 Å². The number of aromatic hydroxyl groups is 2. The molecular weight excluding hydrogens is 562 g/mol. The van der Waals surface area contributed by atoms with E-state index < -0.39 is 0 Å². The summed E-state index contributed by atoms with van der Waals surface area (Å²) in [5, 5.41) is 27.6. The third-order valence-corrected chi connectivity index (χ3v) is 9.66. The topological polar surface area (TPSA) is 58.3 Å². The molecule has 6 aromatic carbocycles. The molecular formula is C40H32B2N2O2. The molecule has 0 atom stereocenters. The number of hydrogen-bond acceptors (Lipinski definition) is 3. The van der Waals surface area contributed by atoms with E-state index in [1.54, 1.807) is 0 Å². The first kappa shape index (κ1) is 28.0. The van der Waals surface area contributed by atoms with Crippen LogP contribution in [-0.4, -0.2) is 35.5 Å². The van der Waals surface area contributed by atoms with Crippen molar-refractivity contribution in [2.24, 2.45) is 0 Å². The van der Waals surface area contributed by atoms with Crippen molar-refractivity contribution in [1.29, 1.82) is 0 Å². The summed E-state index contributed by atoms with van der Waals surface area (Å²) < 4.78 is 2.15. The van der Waals surface area contributed by atoms with Gasteiger partial charge in [-0.2, -0.15) is 0 Å². The van der Waals surface area contributed by atoms with Crippen LogP contribution in [0.15, 0.2) is 103 Å². The van der Waals surface area contributed by atoms with Crippen LogP contribution in [0, 0.1) is 6.92 Å². The first-order valence-electron chi connectivity index (χ1n) is 15.9. The van der Waals surface area contributed by atoms with Gasteiger partial charge in [0.1, 0.15) is 33.0 Å². The van der Waals surface area contributed by atoms with Gasteiger partial charge in [-0.3, -0.25) is 4.57 Å². The zero-order chi connectivity index (χ0) is 31.5. The van der Waals surface area contributed by atoms with Crippen molar-refractivity contribution < 1.29 is 10.2 Å². The molecule has 0 amide bonds. The zero-order valence-corrected chi connectivity index (χ0v) is 26.2. The van der Waals surface area contributed by atoms with Gasteiger partial charge in [-0.15, -0.1) is 0 Å². The second-order valence-corrected chi connectivity index (χ2v) is 12.2. The summed E-state index contributed by atoms with van der Waals surface area (Å²) in [4.78, 5) is 5.11. The molecule has 8 rings (SSSR count). The summed E-state index contributed by atoms with van der Waals surface area (Å²) in [7, 11) is 3.69. The van der Waals surface area contributed by atoms with Crippen LogP contribution in [0.4, 0.5) is 0 Å². The predicted octanol–water partition coefficient (Wildman–Crippen LogP) is 4.77. The molecule has 0 bridgehead atoms. The van der Waals surface area contributed by atoms with Gasteiger partial charge < -0.3 is 10.2 Å². The number of benzene rings is 6. The fraction of sp³-hybridized carbons (Fsp3) is 0.0750. The lowest BCUT2D eigenvalue weighted by Crippen LogP contribution is -2.31. The Morgan fingerprint density at radius 2 is 1.24 bits per heavy atom. The van der Waals surface area contributed by atoms with E-state index in [1.807, 2.05) is 40.8 Å². The van der Waals surface area contributed by atoms with Gasteiger partial charge in [0, 0.05) is 5.56 Å². The van der Waals surface area contributed by atoms with E-state index in [1.165, 1.54) is 37.9 Å². The summed E-state index contributed by atoms with van der Waals surface area (Å²) in [5.74, 6) is 0.912. The first-order valence-corrected chi connectivity index (χ1v) is 15.9. The minimum atomic E-state index is 0.139. The van der Waals surface area contributed by atoms with Gasteiger partial charge in [0.2, 0.25) is 0 Å². The number of aromatic nitrogens is 2. The van der Waals surface area contributed by atoms with Gasteiger partial charge in [0.05, 0.1) is 22.3 Å². The number of nitrogens with zero attached hydrogens (tertiary/aromatic N) is 2. The van der Waals surface area contributed by atoms with Gasteiger partial charge in [-0.1, -0.05) is 97.1 Å². The quantitative estimate of drug-likeness (QED) is 0.228. The highest BCUT2D eigenvalue weighted by atomic mass is 16.3. The Bertz CT molecular complexity index is 2450. The van der Waals surface area contributed by atoms with Gasteiger partial charge in [-0.05, 0) is 92.4 Å². The number of phenols is 2. The molecule has 220 valence electrons. The van der Waals surface area contributed by atoms with Crippen LogP contribution in [0.1, 0.15) is 18.4 Å². The Labute approximate surface area is 269 Å². The highest BCUT2D eigenvalue weighted by molar-refractivity contribution is 6.43. The van der Waals surface area contributed by atoms with E-state index in [-0.39, 0.29) is 11.5 Å². The SMILES string of the molecule is Bc1c(C)c(O)c(B)c(-c2nc3ccccc3n2-c2ccccc2-c2c3c(c(-c4ccccc4)c4ccccc24)=CCCC=3)c1O. The average molecular weight is 594 g/mol. The van der Waals surface area contributed by atoms with Gasteiger partial charge in [-0.25, -0.2) is 4.98 Å². The second-order valence-electron chi connectivity index (χ2n) is 12.2. The predicted molar refractivity (Wildman–Crippen MR) is 197 cm³/mol. The fourth-order valence-corrected chi connectivity index (χ4v) is 7.28.